The SMILES string of the molecule is FCC(F)CCCCCCc1ccccc1. The van der Waals surface area contributed by atoms with Gasteiger partial charge in [-0.05, 0) is 24.8 Å². The van der Waals surface area contributed by atoms with Crippen molar-refractivity contribution < 1.29 is 8.78 Å². The number of hydrogen-bond acceptors (Lipinski definition) is 0. The van der Waals surface area contributed by atoms with Gasteiger partial charge in [-0.3, -0.25) is 0 Å². The Morgan fingerprint density at radius 3 is 2.31 bits per heavy atom. The van der Waals surface area contributed by atoms with Crippen molar-refractivity contribution in [3.8, 4) is 0 Å². The summed E-state index contributed by atoms with van der Waals surface area (Å²) in [7, 11) is 0. The van der Waals surface area contributed by atoms with Gasteiger partial charge in [0.1, 0.15) is 12.8 Å². The number of aryl methyl sites for hydroxylation is 1. The van der Waals surface area contributed by atoms with Gasteiger partial charge in [0.05, 0.1) is 0 Å². The van der Waals surface area contributed by atoms with E-state index < -0.39 is 12.8 Å². The van der Waals surface area contributed by atoms with Crippen LogP contribution in [0.25, 0.3) is 0 Å². The first-order valence-electron chi connectivity index (χ1n) is 6.07. The van der Waals surface area contributed by atoms with Crippen molar-refractivity contribution in [2.45, 2.75) is 44.7 Å². The molecule has 0 aliphatic carbocycles. The van der Waals surface area contributed by atoms with Crippen molar-refractivity contribution in [1.82, 2.24) is 0 Å². The molecule has 0 nitrogen and oxygen atoms in total. The van der Waals surface area contributed by atoms with Gasteiger partial charge < -0.3 is 0 Å². The Morgan fingerprint density at radius 2 is 1.62 bits per heavy atom. The van der Waals surface area contributed by atoms with E-state index in [-0.39, 0.29) is 0 Å². The molecular formula is C14H20F2. The van der Waals surface area contributed by atoms with Crippen LogP contribution in [0.3, 0.4) is 0 Å². The molecule has 0 radical (unpaired) electrons. The molecule has 0 aliphatic heterocycles. The van der Waals surface area contributed by atoms with Crippen LogP contribution in [0.5, 0.6) is 0 Å². The minimum atomic E-state index is -1.24. The Hall–Kier alpha value is -0.920. The van der Waals surface area contributed by atoms with Crippen LogP contribution in [-0.4, -0.2) is 12.8 Å². The Bertz CT molecular complexity index is 259. The molecule has 1 aromatic carbocycles. The zero-order chi connectivity index (χ0) is 11.6. The number of benzene rings is 1. The molecule has 0 fully saturated rings. The van der Waals surface area contributed by atoms with Crippen molar-refractivity contribution in [3.05, 3.63) is 35.9 Å². The number of hydrogen-bond donors (Lipinski definition) is 0. The normalized spacial score (nSPS) is 12.6. The maximum absolute atomic E-state index is 12.5. The van der Waals surface area contributed by atoms with E-state index in [0.29, 0.717) is 6.42 Å². The lowest BCUT2D eigenvalue weighted by Gasteiger charge is -2.03. The average Bonchev–Trinajstić information content (AvgIpc) is 2.34. The van der Waals surface area contributed by atoms with Gasteiger partial charge in [0.15, 0.2) is 0 Å². The molecule has 0 saturated carbocycles. The molecule has 0 spiro atoms. The quantitative estimate of drug-likeness (QED) is 0.573. The zero-order valence-electron chi connectivity index (χ0n) is 9.67. The molecule has 1 aromatic rings. The van der Waals surface area contributed by atoms with E-state index >= 15 is 0 Å². The fraction of sp³-hybridized carbons (Fsp3) is 0.571. The molecule has 1 atom stereocenters. The van der Waals surface area contributed by atoms with Crippen molar-refractivity contribution in [2.24, 2.45) is 0 Å². The molecule has 0 amide bonds. The summed E-state index contributed by atoms with van der Waals surface area (Å²) in [5, 5.41) is 0. The third-order valence-corrected chi connectivity index (χ3v) is 2.74. The van der Waals surface area contributed by atoms with E-state index in [1.165, 1.54) is 5.56 Å². The minimum absolute atomic E-state index is 0.377. The number of alkyl halides is 2. The lowest BCUT2D eigenvalue weighted by atomic mass is 10.0. The van der Waals surface area contributed by atoms with Crippen LogP contribution in [0.2, 0.25) is 0 Å². The topological polar surface area (TPSA) is 0 Å². The molecule has 0 aromatic heterocycles. The summed E-state index contributed by atoms with van der Waals surface area (Å²) in [5.41, 5.74) is 1.36. The van der Waals surface area contributed by atoms with Gasteiger partial charge in [0, 0.05) is 0 Å². The van der Waals surface area contributed by atoms with Gasteiger partial charge in [-0.2, -0.15) is 0 Å². The van der Waals surface area contributed by atoms with Crippen LogP contribution in [0.1, 0.15) is 37.7 Å². The Morgan fingerprint density at radius 1 is 0.938 bits per heavy atom. The summed E-state index contributed by atoms with van der Waals surface area (Å²) in [6.45, 7) is -0.829. The molecular weight excluding hydrogens is 206 g/mol. The molecule has 0 saturated heterocycles. The largest absolute Gasteiger partial charge is 0.248 e. The van der Waals surface area contributed by atoms with Crippen LogP contribution in [0, 0.1) is 0 Å². The third kappa shape index (κ3) is 5.84. The van der Waals surface area contributed by atoms with Crippen LogP contribution in [0.15, 0.2) is 30.3 Å². The highest BCUT2D eigenvalue weighted by Gasteiger charge is 2.03. The standard InChI is InChI=1S/C14H20F2/c15-12-14(16)11-7-2-1-4-8-13-9-5-3-6-10-13/h3,5-6,9-10,14H,1-2,4,7-8,11-12H2. The van der Waals surface area contributed by atoms with Crippen molar-refractivity contribution in [1.29, 1.82) is 0 Å². The Labute approximate surface area is 96.7 Å². The maximum atomic E-state index is 12.5. The van der Waals surface area contributed by atoms with E-state index in [4.69, 9.17) is 0 Å². The van der Waals surface area contributed by atoms with Gasteiger partial charge in [-0.25, -0.2) is 8.78 Å². The summed E-state index contributed by atoms with van der Waals surface area (Å²) in [6, 6.07) is 10.4. The van der Waals surface area contributed by atoms with E-state index in [2.05, 4.69) is 12.1 Å². The second-order valence-electron chi connectivity index (χ2n) is 4.19. The number of unbranched alkanes of at least 4 members (excludes halogenated alkanes) is 3. The van der Waals surface area contributed by atoms with E-state index in [9.17, 15) is 8.78 Å². The summed E-state index contributed by atoms with van der Waals surface area (Å²) < 4.78 is 24.3. The molecule has 0 bridgehead atoms. The summed E-state index contributed by atoms with van der Waals surface area (Å²) >= 11 is 0. The van der Waals surface area contributed by atoms with Gasteiger partial charge in [-0.15, -0.1) is 0 Å². The number of rotatable bonds is 8. The second kappa shape index (κ2) is 8.26. The summed E-state index contributed by atoms with van der Waals surface area (Å²) in [6.07, 6.45) is 4.27. The first-order valence-corrected chi connectivity index (χ1v) is 6.07. The fourth-order valence-electron chi connectivity index (χ4n) is 1.77. The first-order chi connectivity index (χ1) is 7.83. The summed E-state index contributed by atoms with van der Waals surface area (Å²) in [4.78, 5) is 0. The number of halogens is 2. The smallest absolute Gasteiger partial charge is 0.128 e. The molecule has 0 aliphatic rings. The van der Waals surface area contributed by atoms with Crippen LogP contribution >= 0.6 is 0 Å². The van der Waals surface area contributed by atoms with Crippen molar-refractivity contribution in [2.75, 3.05) is 6.67 Å². The highest BCUT2D eigenvalue weighted by Crippen LogP contribution is 2.11. The lowest BCUT2D eigenvalue weighted by molar-refractivity contribution is 0.241. The second-order valence-corrected chi connectivity index (χ2v) is 4.19. The Balaban J connectivity index is 1.96. The molecule has 90 valence electrons. The molecule has 1 rings (SSSR count). The molecule has 0 heterocycles. The van der Waals surface area contributed by atoms with Gasteiger partial charge in [-0.1, -0.05) is 49.6 Å². The predicted octanol–water partition coefficient (Wildman–Crippen LogP) is 4.49. The molecule has 16 heavy (non-hydrogen) atoms. The highest BCUT2D eigenvalue weighted by atomic mass is 19.2. The van der Waals surface area contributed by atoms with Crippen LogP contribution < -0.4 is 0 Å². The lowest BCUT2D eigenvalue weighted by Crippen LogP contribution is -2.01. The summed E-state index contributed by atoms with van der Waals surface area (Å²) in [5.74, 6) is 0. The molecule has 1 unspecified atom stereocenters. The molecule has 2 heteroatoms. The van der Waals surface area contributed by atoms with Gasteiger partial charge in [0.25, 0.3) is 0 Å². The molecule has 0 N–H and O–H groups in total. The van der Waals surface area contributed by atoms with Crippen LogP contribution in [0.4, 0.5) is 8.78 Å². The highest BCUT2D eigenvalue weighted by molar-refractivity contribution is 5.14. The minimum Gasteiger partial charge on any atom is -0.248 e. The predicted molar refractivity (Wildman–Crippen MR) is 64.1 cm³/mol. The van der Waals surface area contributed by atoms with Crippen LogP contribution in [-0.2, 0) is 6.42 Å². The van der Waals surface area contributed by atoms with E-state index in [0.717, 1.165) is 32.1 Å². The fourth-order valence-corrected chi connectivity index (χ4v) is 1.77. The maximum Gasteiger partial charge on any atom is 0.128 e. The average molecular weight is 226 g/mol. The van der Waals surface area contributed by atoms with Crippen molar-refractivity contribution >= 4 is 0 Å². The zero-order valence-corrected chi connectivity index (χ0v) is 9.67. The Kier molecular flexibility index (Phi) is 6.78. The van der Waals surface area contributed by atoms with Crippen molar-refractivity contribution in [3.63, 3.8) is 0 Å². The van der Waals surface area contributed by atoms with E-state index in [1.54, 1.807) is 0 Å². The third-order valence-electron chi connectivity index (χ3n) is 2.74. The monoisotopic (exact) mass is 226 g/mol. The van der Waals surface area contributed by atoms with Gasteiger partial charge in [0.2, 0.25) is 0 Å². The van der Waals surface area contributed by atoms with E-state index in [1.807, 2.05) is 18.2 Å². The van der Waals surface area contributed by atoms with Gasteiger partial charge >= 0.3 is 0 Å². The first kappa shape index (κ1) is 13.1.